The lowest BCUT2D eigenvalue weighted by molar-refractivity contribution is -0.384. The fourth-order valence-corrected chi connectivity index (χ4v) is 2.32. The van der Waals surface area contributed by atoms with Gasteiger partial charge in [0, 0.05) is 44.5 Å². The van der Waals surface area contributed by atoms with Gasteiger partial charge >= 0.3 is 0 Å². The van der Waals surface area contributed by atoms with Crippen molar-refractivity contribution < 1.29 is 9.66 Å². The normalized spacial score (nSPS) is 19.2. The summed E-state index contributed by atoms with van der Waals surface area (Å²) in [6.45, 7) is 5.13. The molecule has 0 saturated carbocycles. The zero-order chi connectivity index (χ0) is 13.8. The molecule has 1 fully saturated rings. The Kier molecular flexibility index (Phi) is 4.34. The van der Waals surface area contributed by atoms with Crippen molar-refractivity contribution in [3.8, 4) is 0 Å². The van der Waals surface area contributed by atoms with Gasteiger partial charge in [0.1, 0.15) is 0 Å². The van der Waals surface area contributed by atoms with Crippen molar-refractivity contribution in [2.75, 3.05) is 38.2 Å². The number of ether oxygens (including phenoxy) is 1. The SMILES string of the molecule is Cc1cc([N+](=O)[O-])ccc1N(C)CC1CNCCO1. The van der Waals surface area contributed by atoms with Crippen LogP contribution in [0, 0.1) is 17.0 Å². The zero-order valence-electron chi connectivity index (χ0n) is 11.3. The molecular formula is C13H19N3O3. The number of nitro benzene ring substituents is 1. The van der Waals surface area contributed by atoms with Gasteiger partial charge in [-0.2, -0.15) is 0 Å². The third kappa shape index (κ3) is 3.42. The van der Waals surface area contributed by atoms with Crippen LogP contribution in [0.5, 0.6) is 0 Å². The van der Waals surface area contributed by atoms with E-state index in [4.69, 9.17) is 4.74 Å². The Labute approximate surface area is 112 Å². The van der Waals surface area contributed by atoms with Crippen molar-refractivity contribution in [1.29, 1.82) is 0 Å². The summed E-state index contributed by atoms with van der Waals surface area (Å²) in [5.41, 5.74) is 2.03. The minimum absolute atomic E-state index is 0.130. The summed E-state index contributed by atoms with van der Waals surface area (Å²) in [6.07, 6.45) is 0.161. The number of nitrogens with one attached hydrogen (secondary N) is 1. The number of likely N-dealkylation sites (N-methyl/N-ethyl adjacent to an activating group) is 1. The minimum atomic E-state index is -0.370. The number of non-ortho nitro benzene ring substituents is 1. The van der Waals surface area contributed by atoms with Gasteiger partial charge < -0.3 is 15.0 Å². The third-order valence-corrected chi connectivity index (χ3v) is 3.28. The minimum Gasteiger partial charge on any atom is -0.374 e. The van der Waals surface area contributed by atoms with Crippen LogP contribution in [0.15, 0.2) is 18.2 Å². The van der Waals surface area contributed by atoms with Gasteiger partial charge in [0.15, 0.2) is 0 Å². The van der Waals surface area contributed by atoms with Crippen LogP contribution in [-0.2, 0) is 4.74 Å². The van der Waals surface area contributed by atoms with Crippen LogP contribution in [0.4, 0.5) is 11.4 Å². The number of hydrogen-bond donors (Lipinski definition) is 1. The molecule has 1 atom stereocenters. The summed E-state index contributed by atoms with van der Waals surface area (Å²) in [7, 11) is 1.98. The van der Waals surface area contributed by atoms with Crippen molar-refractivity contribution >= 4 is 11.4 Å². The standard InChI is InChI=1S/C13H19N3O3/c1-10-7-11(16(17)18)3-4-13(10)15(2)9-12-8-14-5-6-19-12/h3-4,7,12,14H,5-6,8-9H2,1-2H3. The van der Waals surface area contributed by atoms with Crippen LogP contribution >= 0.6 is 0 Å². The molecule has 1 unspecified atom stereocenters. The summed E-state index contributed by atoms with van der Waals surface area (Å²) in [6, 6.07) is 4.94. The van der Waals surface area contributed by atoms with Crippen LogP contribution in [0.3, 0.4) is 0 Å². The van der Waals surface area contributed by atoms with Crippen LogP contribution in [0.2, 0.25) is 0 Å². The van der Waals surface area contributed by atoms with Gasteiger partial charge in [0.2, 0.25) is 0 Å². The number of rotatable bonds is 4. The maximum Gasteiger partial charge on any atom is 0.269 e. The van der Waals surface area contributed by atoms with E-state index in [1.165, 1.54) is 0 Å². The van der Waals surface area contributed by atoms with Crippen molar-refractivity contribution in [3.05, 3.63) is 33.9 Å². The monoisotopic (exact) mass is 265 g/mol. The van der Waals surface area contributed by atoms with Gasteiger partial charge in [-0.05, 0) is 18.6 Å². The first-order valence-corrected chi connectivity index (χ1v) is 6.36. The Balaban J connectivity index is 2.05. The molecule has 0 aromatic heterocycles. The number of nitrogens with zero attached hydrogens (tertiary/aromatic N) is 2. The molecule has 1 aliphatic heterocycles. The second-order valence-electron chi connectivity index (χ2n) is 4.81. The number of anilines is 1. The van der Waals surface area contributed by atoms with E-state index in [9.17, 15) is 10.1 Å². The Hall–Kier alpha value is -1.66. The topological polar surface area (TPSA) is 67.6 Å². The van der Waals surface area contributed by atoms with Crippen molar-refractivity contribution in [2.24, 2.45) is 0 Å². The van der Waals surface area contributed by atoms with E-state index >= 15 is 0 Å². The summed E-state index contributed by atoms with van der Waals surface area (Å²) in [5.74, 6) is 0. The summed E-state index contributed by atoms with van der Waals surface area (Å²) in [4.78, 5) is 12.4. The van der Waals surface area contributed by atoms with E-state index in [0.717, 1.165) is 37.5 Å². The van der Waals surface area contributed by atoms with E-state index in [1.807, 2.05) is 14.0 Å². The summed E-state index contributed by atoms with van der Waals surface area (Å²) >= 11 is 0. The molecule has 6 nitrogen and oxygen atoms in total. The van der Waals surface area contributed by atoms with Gasteiger partial charge in [0.25, 0.3) is 5.69 Å². The molecule has 1 aromatic rings. The lowest BCUT2D eigenvalue weighted by Crippen LogP contribution is -2.44. The third-order valence-electron chi connectivity index (χ3n) is 3.28. The first kappa shape index (κ1) is 13.8. The maximum atomic E-state index is 10.7. The Morgan fingerprint density at radius 3 is 2.95 bits per heavy atom. The molecule has 1 heterocycles. The van der Waals surface area contributed by atoms with Gasteiger partial charge in [-0.3, -0.25) is 10.1 Å². The first-order chi connectivity index (χ1) is 9.08. The number of benzene rings is 1. The number of morpholine rings is 1. The fraction of sp³-hybridized carbons (Fsp3) is 0.538. The van der Waals surface area contributed by atoms with Crippen LogP contribution < -0.4 is 10.2 Å². The van der Waals surface area contributed by atoms with Gasteiger partial charge in [0.05, 0.1) is 17.6 Å². The van der Waals surface area contributed by atoms with Crippen molar-refractivity contribution in [2.45, 2.75) is 13.0 Å². The second-order valence-corrected chi connectivity index (χ2v) is 4.81. The van der Waals surface area contributed by atoms with E-state index < -0.39 is 0 Å². The highest BCUT2D eigenvalue weighted by Crippen LogP contribution is 2.24. The van der Waals surface area contributed by atoms with Gasteiger partial charge in [-0.15, -0.1) is 0 Å². The molecule has 0 spiro atoms. The molecule has 1 saturated heterocycles. The molecule has 1 aromatic carbocycles. The van der Waals surface area contributed by atoms with Crippen LogP contribution in [0.1, 0.15) is 5.56 Å². The number of aryl methyl sites for hydroxylation is 1. The lowest BCUT2D eigenvalue weighted by Gasteiger charge is -2.29. The van der Waals surface area contributed by atoms with Crippen LogP contribution in [-0.4, -0.2) is 44.3 Å². The molecular weight excluding hydrogens is 246 g/mol. The Morgan fingerprint density at radius 1 is 1.58 bits per heavy atom. The van der Waals surface area contributed by atoms with E-state index in [2.05, 4.69) is 10.2 Å². The predicted molar refractivity (Wildman–Crippen MR) is 73.7 cm³/mol. The van der Waals surface area contributed by atoms with Crippen LogP contribution in [0.25, 0.3) is 0 Å². The highest BCUT2D eigenvalue weighted by Gasteiger charge is 2.17. The highest BCUT2D eigenvalue weighted by molar-refractivity contribution is 5.56. The molecule has 19 heavy (non-hydrogen) atoms. The number of nitro groups is 1. The maximum absolute atomic E-state index is 10.7. The largest absolute Gasteiger partial charge is 0.374 e. The average Bonchev–Trinajstić information content (AvgIpc) is 2.39. The Bertz CT molecular complexity index is 458. The molecule has 104 valence electrons. The van der Waals surface area contributed by atoms with Gasteiger partial charge in [-0.1, -0.05) is 0 Å². The highest BCUT2D eigenvalue weighted by atomic mass is 16.6. The number of hydrogen-bond acceptors (Lipinski definition) is 5. The fourth-order valence-electron chi connectivity index (χ4n) is 2.32. The molecule has 0 amide bonds. The molecule has 6 heteroatoms. The quantitative estimate of drug-likeness (QED) is 0.657. The van der Waals surface area contributed by atoms with E-state index in [0.29, 0.717) is 0 Å². The smallest absolute Gasteiger partial charge is 0.269 e. The average molecular weight is 265 g/mol. The summed E-state index contributed by atoms with van der Waals surface area (Å²) in [5, 5.41) is 14.0. The zero-order valence-corrected chi connectivity index (χ0v) is 11.3. The van der Waals surface area contributed by atoms with E-state index in [1.54, 1.807) is 18.2 Å². The molecule has 1 N–H and O–H groups in total. The molecule has 0 radical (unpaired) electrons. The summed E-state index contributed by atoms with van der Waals surface area (Å²) < 4.78 is 5.66. The molecule has 2 rings (SSSR count). The Morgan fingerprint density at radius 2 is 2.37 bits per heavy atom. The van der Waals surface area contributed by atoms with E-state index in [-0.39, 0.29) is 16.7 Å². The van der Waals surface area contributed by atoms with Gasteiger partial charge in [-0.25, -0.2) is 0 Å². The molecule has 1 aliphatic rings. The predicted octanol–water partition coefficient (Wildman–Crippen LogP) is 1.33. The van der Waals surface area contributed by atoms with Crippen molar-refractivity contribution in [3.63, 3.8) is 0 Å². The lowest BCUT2D eigenvalue weighted by atomic mass is 10.1. The molecule has 0 aliphatic carbocycles. The van der Waals surface area contributed by atoms with Crippen molar-refractivity contribution in [1.82, 2.24) is 5.32 Å². The first-order valence-electron chi connectivity index (χ1n) is 6.36. The second kappa shape index (κ2) is 5.99. The molecule has 0 bridgehead atoms.